The molecule has 1 aliphatic heterocycles. The van der Waals surface area contributed by atoms with Crippen LogP contribution in [0.2, 0.25) is 0 Å². The fraction of sp³-hybridized carbons (Fsp3) is 0.316. The van der Waals surface area contributed by atoms with Crippen molar-refractivity contribution in [2.24, 2.45) is 4.99 Å². The average Bonchev–Trinajstić information content (AvgIpc) is 2.73. The lowest BCUT2D eigenvalue weighted by Crippen LogP contribution is -2.50. The quantitative estimate of drug-likeness (QED) is 0.725. The number of methoxy groups -OCH3 is 2. The molecule has 2 aromatic rings. The second-order valence-electron chi connectivity index (χ2n) is 6.24. The van der Waals surface area contributed by atoms with E-state index in [2.05, 4.69) is 32.1 Å². The Kier molecular flexibility index (Phi) is 6.37. The van der Waals surface area contributed by atoms with Crippen molar-refractivity contribution in [3.63, 3.8) is 0 Å². The smallest absolute Gasteiger partial charge is 0.264 e. The molecule has 9 heteroatoms. The largest absolute Gasteiger partial charge is 0.493 e. The Hall–Kier alpha value is -2.78. The monoisotopic (exact) mass is 404 g/mol. The van der Waals surface area contributed by atoms with Gasteiger partial charge in [0.25, 0.3) is 10.0 Å². The molecule has 0 saturated carbocycles. The fourth-order valence-electron chi connectivity index (χ4n) is 2.78. The molecular formula is C19H24N4O4S. The lowest BCUT2D eigenvalue weighted by atomic mass is 10.1. The van der Waals surface area contributed by atoms with Crippen LogP contribution in [0.5, 0.6) is 11.5 Å². The predicted octanol–water partition coefficient (Wildman–Crippen LogP) is 1.40. The second-order valence-corrected chi connectivity index (χ2v) is 7.92. The van der Waals surface area contributed by atoms with Crippen molar-refractivity contribution >= 4 is 16.0 Å². The number of guanidine groups is 1. The third kappa shape index (κ3) is 4.93. The number of nitrogens with zero attached hydrogens (tertiary/aromatic N) is 2. The Morgan fingerprint density at radius 3 is 2.50 bits per heavy atom. The van der Waals surface area contributed by atoms with Gasteiger partial charge in [-0.15, -0.1) is 0 Å². The van der Waals surface area contributed by atoms with Gasteiger partial charge in [-0.2, -0.15) is 0 Å². The highest BCUT2D eigenvalue weighted by Gasteiger charge is 2.21. The van der Waals surface area contributed by atoms with Crippen molar-refractivity contribution in [2.75, 3.05) is 34.1 Å². The molecule has 0 spiro atoms. The van der Waals surface area contributed by atoms with Crippen LogP contribution in [0.1, 0.15) is 5.56 Å². The molecule has 150 valence electrons. The Labute approximate surface area is 165 Å². The average molecular weight is 404 g/mol. The third-order valence-electron chi connectivity index (χ3n) is 4.35. The minimum Gasteiger partial charge on any atom is -0.493 e. The number of benzene rings is 2. The highest BCUT2D eigenvalue weighted by Crippen LogP contribution is 2.29. The van der Waals surface area contributed by atoms with E-state index in [4.69, 9.17) is 9.47 Å². The molecule has 3 rings (SSSR count). The van der Waals surface area contributed by atoms with Crippen molar-refractivity contribution in [1.29, 1.82) is 0 Å². The van der Waals surface area contributed by atoms with Crippen LogP contribution in [0.15, 0.2) is 58.4 Å². The van der Waals surface area contributed by atoms with Crippen LogP contribution in [0.3, 0.4) is 0 Å². The molecule has 2 aromatic carbocycles. The summed E-state index contributed by atoms with van der Waals surface area (Å²) in [6.07, 6.45) is 0.907. The van der Waals surface area contributed by atoms with Gasteiger partial charge in [-0.25, -0.2) is 18.1 Å². The molecule has 0 bridgehead atoms. The van der Waals surface area contributed by atoms with Gasteiger partial charge in [-0.05, 0) is 24.1 Å². The van der Waals surface area contributed by atoms with Crippen LogP contribution >= 0.6 is 0 Å². The van der Waals surface area contributed by atoms with E-state index >= 15 is 0 Å². The molecule has 8 nitrogen and oxygen atoms in total. The Morgan fingerprint density at radius 2 is 1.86 bits per heavy atom. The van der Waals surface area contributed by atoms with Crippen LogP contribution in [0, 0.1) is 0 Å². The van der Waals surface area contributed by atoms with Gasteiger partial charge < -0.3 is 14.8 Å². The summed E-state index contributed by atoms with van der Waals surface area (Å²) in [4.78, 5) is 6.46. The van der Waals surface area contributed by atoms with Crippen LogP contribution in [-0.2, 0) is 16.4 Å². The highest BCUT2D eigenvalue weighted by molar-refractivity contribution is 7.90. The van der Waals surface area contributed by atoms with E-state index in [1.165, 1.54) is 31.9 Å². The summed E-state index contributed by atoms with van der Waals surface area (Å²) in [7, 11) is -0.836. The molecule has 0 saturated heterocycles. The highest BCUT2D eigenvalue weighted by atomic mass is 32.2. The maximum absolute atomic E-state index is 12.6. The lowest BCUT2D eigenvalue weighted by Gasteiger charge is -2.27. The van der Waals surface area contributed by atoms with Crippen molar-refractivity contribution < 1.29 is 17.9 Å². The van der Waals surface area contributed by atoms with Crippen LogP contribution in [0.25, 0.3) is 0 Å². The predicted molar refractivity (Wildman–Crippen MR) is 107 cm³/mol. The summed E-state index contributed by atoms with van der Waals surface area (Å²) in [5.41, 5.74) is 1.26. The zero-order valence-corrected chi connectivity index (χ0v) is 16.7. The van der Waals surface area contributed by atoms with Gasteiger partial charge in [-0.1, -0.05) is 30.3 Å². The lowest BCUT2D eigenvalue weighted by molar-refractivity contribution is 0.267. The molecule has 0 unspecified atom stereocenters. The minimum atomic E-state index is -3.79. The van der Waals surface area contributed by atoms with Crippen molar-refractivity contribution in [1.82, 2.24) is 14.9 Å². The number of nitrogens with one attached hydrogen (secondary N) is 2. The first kappa shape index (κ1) is 20.0. The summed E-state index contributed by atoms with van der Waals surface area (Å²) in [5.74, 6) is 1.03. The van der Waals surface area contributed by atoms with Gasteiger partial charge in [0.1, 0.15) is 0 Å². The van der Waals surface area contributed by atoms with Crippen molar-refractivity contribution in [3.05, 3.63) is 54.1 Å². The van der Waals surface area contributed by atoms with Gasteiger partial charge in [0.2, 0.25) is 5.96 Å². The standard InChI is InChI=1S/C19H24N4O4S/c1-26-17-9-8-16(12-18(17)27-2)28(24,25)22-19-20-13-23(14-21-19)11-10-15-6-4-3-5-7-15/h3-9,12H,10-11,13-14H2,1-2H3,(H2,20,21,22). The van der Waals surface area contributed by atoms with E-state index in [9.17, 15) is 8.42 Å². The Morgan fingerprint density at radius 1 is 1.11 bits per heavy atom. The summed E-state index contributed by atoms with van der Waals surface area (Å²) in [5, 5.41) is 3.01. The zero-order valence-electron chi connectivity index (χ0n) is 15.9. The molecule has 0 radical (unpaired) electrons. The molecule has 1 aliphatic rings. The molecule has 1 heterocycles. The summed E-state index contributed by atoms with van der Waals surface area (Å²) in [6, 6.07) is 14.6. The SMILES string of the molecule is COc1ccc(S(=O)(=O)NC2=NCN(CCc3ccccc3)CN2)cc1OC. The van der Waals surface area contributed by atoms with E-state index in [0.717, 1.165) is 13.0 Å². The number of aliphatic imine (C=N–C) groups is 1. The third-order valence-corrected chi connectivity index (χ3v) is 5.69. The molecule has 2 N–H and O–H groups in total. The van der Waals surface area contributed by atoms with Crippen molar-refractivity contribution in [3.8, 4) is 11.5 Å². The van der Waals surface area contributed by atoms with E-state index in [-0.39, 0.29) is 10.9 Å². The maximum Gasteiger partial charge on any atom is 0.264 e. The topological polar surface area (TPSA) is 92.3 Å². The first-order valence-corrected chi connectivity index (χ1v) is 10.3. The van der Waals surface area contributed by atoms with Gasteiger partial charge in [-0.3, -0.25) is 4.90 Å². The number of rotatable bonds is 7. The Bertz CT molecular complexity index is 932. The number of hydrogen-bond acceptors (Lipinski definition) is 7. The van der Waals surface area contributed by atoms with E-state index < -0.39 is 10.0 Å². The van der Waals surface area contributed by atoms with Crippen molar-refractivity contribution in [2.45, 2.75) is 11.3 Å². The number of ether oxygens (including phenoxy) is 2. The minimum absolute atomic E-state index is 0.0705. The van der Waals surface area contributed by atoms with Gasteiger partial charge in [0.15, 0.2) is 11.5 Å². The zero-order chi connectivity index (χ0) is 20.0. The van der Waals surface area contributed by atoms with Gasteiger partial charge in [0.05, 0.1) is 32.5 Å². The molecule has 28 heavy (non-hydrogen) atoms. The van der Waals surface area contributed by atoms with Crippen LogP contribution in [0.4, 0.5) is 0 Å². The summed E-state index contributed by atoms with van der Waals surface area (Å²) in [6.45, 7) is 1.76. The van der Waals surface area contributed by atoms with Crippen LogP contribution < -0.4 is 19.5 Å². The summed E-state index contributed by atoms with van der Waals surface area (Å²) < 4.78 is 38.0. The van der Waals surface area contributed by atoms with E-state index in [0.29, 0.717) is 24.8 Å². The molecular weight excluding hydrogens is 380 g/mol. The first-order valence-electron chi connectivity index (χ1n) is 8.81. The second kappa shape index (κ2) is 8.94. The molecule has 0 amide bonds. The van der Waals surface area contributed by atoms with Gasteiger partial charge in [0, 0.05) is 12.6 Å². The summed E-state index contributed by atoms with van der Waals surface area (Å²) >= 11 is 0. The Balaban J connectivity index is 1.60. The molecule has 0 fully saturated rings. The fourth-order valence-corrected chi connectivity index (χ4v) is 3.80. The maximum atomic E-state index is 12.6. The molecule has 0 aromatic heterocycles. The normalized spacial score (nSPS) is 14.7. The molecule has 0 atom stereocenters. The van der Waals surface area contributed by atoms with Crippen LogP contribution in [-0.4, -0.2) is 53.4 Å². The van der Waals surface area contributed by atoms with E-state index in [1.807, 2.05) is 18.2 Å². The number of sulfonamides is 1. The van der Waals surface area contributed by atoms with E-state index in [1.54, 1.807) is 6.07 Å². The molecule has 0 aliphatic carbocycles. The van der Waals surface area contributed by atoms with Gasteiger partial charge >= 0.3 is 0 Å². The first-order chi connectivity index (χ1) is 13.5. The number of hydrogen-bond donors (Lipinski definition) is 2.